The molecule has 0 aliphatic rings. The number of nitrogens with zero attached hydrogens (tertiary/aromatic N) is 2. The van der Waals surface area contributed by atoms with E-state index in [1.54, 1.807) is 18.3 Å². The van der Waals surface area contributed by atoms with Gasteiger partial charge in [-0.3, -0.25) is 0 Å². The fourth-order valence-corrected chi connectivity index (χ4v) is 2.18. The van der Waals surface area contributed by atoms with Crippen LogP contribution in [-0.4, -0.2) is 10.2 Å². The molecule has 5 heteroatoms. The number of hydrogen-bond acceptors (Lipinski definition) is 4. The maximum absolute atomic E-state index is 6.18. The molecule has 0 saturated heterocycles. The lowest BCUT2D eigenvalue weighted by Crippen LogP contribution is -1.97. The Morgan fingerprint density at radius 2 is 2.00 bits per heavy atom. The Labute approximate surface area is 121 Å². The Morgan fingerprint density at radius 1 is 1.15 bits per heavy atom. The van der Waals surface area contributed by atoms with Crippen molar-refractivity contribution in [2.24, 2.45) is 5.73 Å². The Kier molecular flexibility index (Phi) is 3.50. The molecule has 0 saturated carbocycles. The van der Waals surface area contributed by atoms with E-state index < -0.39 is 0 Å². The molecule has 0 amide bonds. The molecule has 1 heterocycles. The van der Waals surface area contributed by atoms with Crippen LogP contribution in [0.3, 0.4) is 0 Å². The van der Waals surface area contributed by atoms with Gasteiger partial charge in [-0.15, -0.1) is 5.10 Å². The molecule has 4 nitrogen and oxygen atoms in total. The Morgan fingerprint density at radius 3 is 2.80 bits per heavy atom. The van der Waals surface area contributed by atoms with Gasteiger partial charge in [-0.1, -0.05) is 35.9 Å². The minimum Gasteiger partial charge on any atom is -0.435 e. The highest BCUT2D eigenvalue weighted by atomic mass is 35.5. The molecule has 2 N–H and O–H groups in total. The number of rotatable bonds is 3. The van der Waals surface area contributed by atoms with Crippen molar-refractivity contribution in [2.75, 3.05) is 0 Å². The van der Waals surface area contributed by atoms with Crippen LogP contribution in [0, 0.1) is 0 Å². The van der Waals surface area contributed by atoms with E-state index in [9.17, 15) is 0 Å². The smallest absolute Gasteiger partial charge is 0.246 e. The molecule has 1 aromatic heterocycles. The van der Waals surface area contributed by atoms with Gasteiger partial charge in [0.2, 0.25) is 5.88 Å². The normalized spacial score (nSPS) is 10.7. The predicted octanol–water partition coefficient (Wildman–Crippen LogP) is 3.53. The van der Waals surface area contributed by atoms with Gasteiger partial charge >= 0.3 is 0 Å². The monoisotopic (exact) mass is 285 g/mol. The number of halogens is 1. The molecular weight excluding hydrogens is 274 g/mol. The van der Waals surface area contributed by atoms with Crippen molar-refractivity contribution in [3.8, 4) is 11.6 Å². The van der Waals surface area contributed by atoms with E-state index in [-0.39, 0.29) is 0 Å². The number of ether oxygens (including phenoxy) is 1. The minimum absolute atomic E-state index is 0.436. The predicted molar refractivity (Wildman–Crippen MR) is 79.0 cm³/mol. The van der Waals surface area contributed by atoms with Crippen LogP contribution in [0.1, 0.15) is 5.56 Å². The summed E-state index contributed by atoms with van der Waals surface area (Å²) in [5.74, 6) is 0.972. The van der Waals surface area contributed by atoms with Crippen molar-refractivity contribution in [3.05, 3.63) is 59.2 Å². The van der Waals surface area contributed by atoms with Crippen LogP contribution in [-0.2, 0) is 6.54 Å². The summed E-state index contributed by atoms with van der Waals surface area (Å²) in [6.07, 6.45) is 1.70. The molecule has 0 spiro atoms. The summed E-state index contributed by atoms with van der Waals surface area (Å²) < 4.78 is 5.78. The summed E-state index contributed by atoms with van der Waals surface area (Å²) in [5.41, 5.74) is 6.52. The Balaban J connectivity index is 2.01. The van der Waals surface area contributed by atoms with Gasteiger partial charge in [0.05, 0.1) is 11.2 Å². The second-order valence-electron chi connectivity index (χ2n) is 4.31. The molecule has 0 atom stereocenters. The van der Waals surface area contributed by atoms with E-state index in [0.717, 1.165) is 16.3 Å². The average Bonchev–Trinajstić information content (AvgIpc) is 2.49. The molecule has 0 fully saturated rings. The molecule has 3 aromatic rings. The van der Waals surface area contributed by atoms with Gasteiger partial charge in [-0.2, -0.15) is 5.10 Å². The van der Waals surface area contributed by atoms with Crippen molar-refractivity contribution < 1.29 is 4.74 Å². The molecule has 0 unspecified atom stereocenters. The Hall–Kier alpha value is -2.17. The second kappa shape index (κ2) is 5.45. The summed E-state index contributed by atoms with van der Waals surface area (Å²) >= 11 is 6.18. The van der Waals surface area contributed by atoms with Gasteiger partial charge in [0.25, 0.3) is 0 Å². The lowest BCUT2D eigenvalue weighted by atomic mass is 10.2. The third kappa shape index (κ3) is 2.43. The summed E-state index contributed by atoms with van der Waals surface area (Å²) in [5, 5.41) is 10.3. The summed E-state index contributed by atoms with van der Waals surface area (Å²) in [4.78, 5) is 0. The van der Waals surface area contributed by atoms with Gasteiger partial charge in [-0.25, -0.2) is 0 Å². The number of nitrogens with two attached hydrogens (primary N) is 1. The number of hydrogen-bond donors (Lipinski definition) is 1. The van der Waals surface area contributed by atoms with Crippen LogP contribution in [0.2, 0.25) is 5.02 Å². The molecule has 2 aromatic carbocycles. The van der Waals surface area contributed by atoms with E-state index in [1.807, 2.05) is 30.3 Å². The van der Waals surface area contributed by atoms with Crippen molar-refractivity contribution in [3.63, 3.8) is 0 Å². The van der Waals surface area contributed by atoms with Gasteiger partial charge in [0.15, 0.2) is 0 Å². The average molecular weight is 286 g/mol. The number of benzene rings is 2. The molecular formula is C15H12ClN3O. The summed E-state index contributed by atoms with van der Waals surface area (Å²) in [7, 11) is 0. The second-order valence-corrected chi connectivity index (χ2v) is 4.72. The molecule has 0 aliphatic heterocycles. The van der Waals surface area contributed by atoms with E-state index in [0.29, 0.717) is 23.2 Å². The third-order valence-electron chi connectivity index (χ3n) is 2.98. The fourth-order valence-electron chi connectivity index (χ4n) is 1.94. The quantitative estimate of drug-likeness (QED) is 0.799. The highest BCUT2D eigenvalue weighted by molar-refractivity contribution is 6.32. The van der Waals surface area contributed by atoms with Crippen LogP contribution in [0.15, 0.2) is 48.7 Å². The van der Waals surface area contributed by atoms with Gasteiger partial charge < -0.3 is 10.5 Å². The van der Waals surface area contributed by atoms with E-state index in [2.05, 4.69) is 10.2 Å². The maximum Gasteiger partial charge on any atom is 0.246 e. The minimum atomic E-state index is 0.436. The zero-order valence-corrected chi connectivity index (χ0v) is 11.3. The number of fused-ring (bicyclic) bond motifs is 1. The highest BCUT2D eigenvalue weighted by Crippen LogP contribution is 2.32. The summed E-state index contributed by atoms with van der Waals surface area (Å²) in [6.45, 7) is 0.439. The highest BCUT2D eigenvalue weighted by Gasteiger charge is 2.08. The largest absolute Gasteiger partial charge is 0.435 e. The topological polar surface area (TPSA) is 61.0 Å². The first-order valence-electron chi connectivity index (χ1n) is 6.14. The van der Waals surface area contributed by atoms with Crippen LogP contribution in [0.25, 0.3) is 10.8 Å². The van der Waals surface area contributed by atoms with Crippen LogP contribution < -0.4 is 10.5 Å². The maximum atomic E-state index is 6.18. The van der Waals surface area contributed by atoms with Crippen LogP contribution in [0.4, 0.5) is 0 Å². The SMILES string of the molecule is NCc1ccc(Oc2nncc3ccccc23)c(Cl)c1. The zero-order chi connectivity index (χ0) is 13.9. The van der Waals surface area contributed by atoms with Crippen molar-refractivity contribution in [1.29, 1.82) is 0 Å². The molecule has 0 aliphatic carbocycles. The van der Waals surface area contributed by atoms with Crippen LogP contribution >= 0.6 is 11.6 Å². The van der Waals surface area contributed by atoms with Gasteiger partial charge in [0, 0.05) is 17.3 Å². The zero-order valence-electron chi connectivity index (χ0n) is 10.6. The van der Waals surface area contributed by atoms with Gasteiger partial charge in [0.1, 0.15) is 5.75 Å². The first-order chi connectivity index (χ1) is 9.78. The first kappa shape index (κ1) is 12.8. The van der Waals surface area contributed by atoms with E-state index in [4.69, 9.17) is 22.1 Å². The third-order valence-corrected chi connectivity index (χ3v) is 3.27. The summed E-state index contributed by atoms with van der Waals surface area (Å²) in [6, 6.07) is 13.2. The van der Waals surface area contributed by atoms with Crippen molar-refractivity contribution >= 4 is 22.4 Å². The lowest BCUT2D eigenvalue weighted by molar-refractivity contribution is 0.462. The molecule has 0 radical (unpaired) electrons. The van der Waals surface area contributed by atoms with Crippen molar-refractivity contribution in [2.45, 2.75) is 6.54 Å². The standard InChI is InChI=1S/C15H12ClN3O/c16-13-7-10(8-17)5-6-14(13)20-15-12-4-2-1-3-11(12)9-18-19-15/h1-7,9H,8,17H2. The van der Waals surface area contributed by atoms with E-state index in [1.165, 1.54) is 0 Å². The molecule has 20 heavy (non-hydrogen) atoms. The lowest BCUT2D eigenvalue weighted by Gasteiger charge is -2.09. The molecule has 3 rings (SSSR count). The van der Waals surface area contributed by atoms with Crippen LogP contribution in [0.5, 0.6) is 11.6 Å². The van der Waals surface area contributed by atoms with Gasteiger partial charge in [-0.05, 0) is 23.8 Å². The first-order valence-corrected chi connectivity index (χ1v) is 6.52. The van der Waals surface area contributed by atoms with Crippen molar-refractivity contribution in [1.82, 2.24) is 10.2 Å². The number of aromatic nitrogens is 2. The Bertz CT molecular complexity index is 756. The van der Waals surface area contributed by atoms with E-state index >= 15 is 0 Å². The fraction of sp³-hybridized carbons (Fsp3) is 0.0667. The molecule has 0 bridgehead atoms. The molecule has 100 valence electrons.